The second-order valence-electron chi connectivity index (χ2n) is 6.75. The van der Waals surface area contributed by atoms with Crippen molar-refractivity contribution >= 4 is 9.84 Å². The van der Waals surface area contributed by atoms with E-state index in [2.05, 4.69) is 4.98 Å². The number of sulfone groups is 1. The van der Waals surface area contributed by atoms with E-state index in [1.165, 1.54) is 18.4 Å². The van der Waals surface area contributed by atoms with Crippen molar-refractivity contribution in [1.82, 2.24) is 4.98 Å². The zero-order valence-electron chi connectivity index (χ0n) is 15.7. The standard InChI is InChI=1S/C23H18FNO3S/c1-29(26,27)20-13-9-18(10-14-20)23-22(17-7-11-19(24)12-8-17)25-21(28-23)15-16-5-3-2-4-6-16/h2-14H,15H2,1H3. The van der Waals surface area contributed by atoms with Crippen molar-refractivity contribution in [3.63, 3.8) is 0 Å². The Kier molecular flexibility index (Phi) is 5.03. The first-order valence-electron chi connectivity index (χ1n) is 9.00. The van der Waals surface area contributed by atoms with Crippen LogP contribution in [0, 0.1) is 5.82 Å². The van der Waals surface area contributed by atoms with Gasteiger partial charge in [-0.1, -0.05) is 30.3 Å². The zero-order valence-corrected chi connectivity index (χ0v) is 16.5. The van der Waals surface area contributed by atoms with E-state index in [0.717, 1.165) is 11.1 Å². The molecule has 0 saturated carbocycles. The number of hydrogen-bond donors (Lipinski definition) is 0. The summed E-state index contributed by atoms with van der Waals surface area (Å²) in [4.78, 5) is 4.88. The molecule has 0 aliphatic rings. The van der Waals surface area contributed by atoms with Crippen LogP contribution in [-0.4, -0.2) is 19.7 Å². The Labute approximate surface area is 168 Å². The van der Waals surface area contributed by atoms with E-state index in [0.29, 0.717) is 29.3 Å². The normalized spacial score (nSPS) is 11.5. The van der Waals surface area contributed by atoms with Gasteiger partial charge < -0.3 is 4.42 Å². The molecule has 29 heavy (non-hydrogen) atoms. The summed E-state index contributed by atoms with van der Waals surface area (Å²) < 4.78 is 42.9. The summed E-state index contributed by atoms with van der Waals surface area (Å²) in [6.07, 6.45) is 1.68. The highest BCUT2D eigenvalue weighted by atomic mass is 32.2. The predicted molar refractivity (Wildman–Crippen MR) is 110 cm³/mol. The molecule has 4 rings (SSSR count). The molecule has 0 atom stereocenters. The molecular formula is C23H18FNO3S. The molecule has 0 aliphatic heterocycles. The lowest BCUT2D eigenvalue weighted by atomic mass is 10.1. The van der Waals surface area contributed by atoms with Gasteiger partial charge in [-0.2, -0.15) is 0 Å². The number of benzene rings is 3. The lowest BCUT2D eigenvalue weighted by molar-refractivity contribution is 0.519. The third kappa shape index (κ3) is 4.27. The molecule has 0 bridgehead atoms. The number of hydrogen-bond acceptors (Lipinski definition) is 4. The lowest BCUT2D eigenvalue weighted by Crippen LogP contribution is -1.96. The second-order valence-corrected chi connectivity index (χ2v) is 8.77. The minimum Gasteiger partial charge on any atom is -0.440 e. The van der Waals surface area contributed by atoms with Crippen LogP contribution in [0.2, 0.25) is 0 Å². The molecule has 0 spiro atoms. The van der Waals surface area contributed by atoms with Crippen LogP contribution in [0.15, 0.2) is 88.2 Å². The van der Waals surface area contributed by atoms with Gasteiger partial charge in [0.05, 0.1) is 4.90 Å². The van der Waals surface area contributed by atoms with Crippen molar-refractivity contribution in [2.75, 3.05) is 6.26 Å². The van der Waals surface area contributed by atoms with Gasteiger partial charge in [0.15, 0.2) is 21.5 Å². The first-order chi connectivity index (χ1) is 13.9. The van der Waals surface area contributed by atoms with Crippen LogP contribution in [0.1, 0.15) is 11.5 Å². The summed E-state index contributed by atoms with van der Waals surface area (Å²) in [6.45, 7) is 0. The monoisotopic (exact) mass is 407 g/mol. The van der Waals surface area contributed by atoms with Gasteiger partial charge in [-0.15, -0.1) is 0 Å². The topological polar surface area (TPSA) is 60.2 Å². The van der Waals surface area contributed by atoms with E-state index >= 15 is 0 Å². The van der Waals surface area contributed by atoms with Crippen LogP contribution in [0.3, 0.4) is 0 Å². The number of nitrogens with zero attached hydrogens (tertiary/aromatic N) is 1. The average Bonchev–Trinajstić information content (AvgIpc) is 3.12. The van der Waals surface area contributed by atoms with Crippen molar-refractivity contribution in [3.05, 3.63) is 96.1 Å². The third-order valence-corrected chi connectivity index (χ3v) is 5.66. The molecule has 0 N–H and O–H groups in total. The molecule has 0 aliphatic carbocycles. The van der Waals surface area contributed by atoms with Crippen molar-refractivity contribution < 1.29 is 17.2 Å². The van der Waals surface area contributed by atoms with E-state index < -0.39 is 9.84 Å². The van der Waals surface area contributed by atoms with Crippen molar-refractivity contribution in [1.29, 1.82) is 0 Å². The largest absolute Gasteiger partial charge is 0.440 e. The van der Waals surface area contributed by atoms with Crippen LogP contribution in [-0.2, 0) is 16.3 Å². The lowest BCUT2D eigenvalue weighted by Gasteiger charge is -2.03. The van der Waals surface area contributed by atoms with Crippen molar-refractivity contribution in [2.45, 2.75) is 11.3 Å². The molecule has 0 amide bonds. The van der Waals surface area contributed by atoms with Crippen molar-refractivity contribution in [2.24, 2.45) is 0 Å². The number of halogens is 1. The molecule has 0 fully saturated rings. The highest BCUT2D eigenvalue weighted by Crippen LogP contribution is 2.34. The fraction of sp³-hybridized carbons (Fsp3) is 0.0870. The van der Waals surface area contributed by atoms with E-state index in [1.54, 1.807) is 36.4 Å². The van der Waals surface area contributed by atoms with Crippen LogP contribution in [0.25, 0.3) is 22.6 Å². The van der Waals surface area contributed by atoms with E-state index in [1.807, 2.05) is 30.3 Å². The first kappa shape index (κ1) is 19.1. The Morgan fingerprint density at radius 2 is 1.48 bits per heavy atom. The van der Waals surface area contributed by atoms with Gasteiger partial charge in [-0.25, -0.2) is 17.8 Å². The number of aromatic nitrogens is 1. The Bertz CT molecular complexity index is 1230. The molecule has 4 aromatic rings. The Morgan fingerprint density at radius 1 is 0.862 bits per heavy atom. The van der Waals surface area contributed by atoms with Gasteiger partial charge in [0.25, 0.3) is 0 Å². The van der Waals surface area contributed by atoms with Gasteiger partial charge in [0, 0.05) is 23.8 Å². The molecule has 4 nitrogen and oxygen atoms in total. The summed E-state index contributed by atoms with van der Waals surface area (Å²) in [5, 5.41) is 0. The fourth-order valence-electron chi connectivity index (χ4n) is 3.06. The van der Waals surface area contributed by atoms with Gasteiger partial charge >= 0.3 is 0 Å². The molecular weight excluding hydrogens is 389 g/mol. The minimum atomic E-state index is -3.29. The maximum Gasteiger partial charge on any atom is 0.199 e. The van der Waals surface area contributed by atoms with Crippen molar-refractivity contribution in [3.8, 4) is 22.6 Å². The van der Waals surface area contributed by atoms with E-state index in [9.17, 15) is 12.8 Å². The fourth-order valence-corrected chi connectivity index (χ4v) is 3.69. The molecule has 0 unspecified atom stereocenters. The van der Waals surface area contributed by atoms with Crippen LogP contribution >= 0.6 is 0 Å². The third-order valence-electron chi connectivity index (χ3n) is 4.53. The Morgan fingerprint density at radius 3 is 2.10 bits per heavy atom. The number of rotatable bonds is 5. The van der Waals surface area contributed by atoms with Gasteiger partial charge in [0.2, 0.25) is 0 Å². The SMILES string of the molecule is CS(=O)(=O)c1ccc(-c2oc(Cc3ccccc3)nc2-c2ccc(F)cc2)cc1. The van der Waals surface area contributed by atoms with E-state index in [4.69, 9.17) is 4.42 Å². The summed E-state index contributed by atoms with van der Waals surface area (Å²) in [5.74, 6) is 0.709. The molecule has 0 radical (unpaired) electrons. The molecule has 3 aromatic carbocycles. The summed E-state index contributed by atoms with van der Waals surface area (Å²) in [7, 11) is -3.29. The average molecular weight is 407 g/mol. The molecule has 146 valence electrons. The van der Waals surface area contributed by atoms with Crippen LogP contribution in [0.4, 0.5) is 4.39 Å². The maximum absolute atomic E-state index is 13.4. The quantitative estimate of drug-likeness (QED) is 0.459. The van der Waals surface area contributed by atoms with Gasteiger partial charge in [-0.3, -0.25) is 0 Å². The first-order valence-corrected chi connectivity index (χ1v) is 10.9. The zero-order chi connectivity index (χ0) is 20.4. The number of oxazole rings is 1. The highest BCUT2D eigenvalue weighted by molar-refractivity contribution is 7.90. The van der Waals surface area contributed by atoms with Crippen LogP contribution in [0.5, 0.6) is 0 Å². The predicted octanol–water partition coefficient (Wildman–Crippen LogP) is 5.14. The molecule has 0 saturated heterocycles. The highest BCUT2D eigenvalue weighted by Gasteiger charge is 2.18. The minimum absolute atomic E-state index is 0.230. The smallest absolute Gasteiger partial charge is 0.199 e. The Balaban J connectivity index is 1.79. The second kappa shape index (κ2) is 7.64. The van der Waals surface area contributed by atoms with Crippen LogP contribution < -0.4 is 0 Å². The van der Waals surface area contributed by atoms with E-state index in [-0.39, 0.29) is 10.7 Å². The summed E-state index contributed by atoms with van der Waals surface area (Å²) >= 11 is 0. The summed E-state index contributed by atoms with van der Waals surface area (Å²) in [5.41, 5.74) is 3.06. The molecule has 1 heterocycles. The maximum atomic E-state index is 13.4. The molecule has 6 heteroatoms. The summed E-state index contributed by atoms with van der Waals surface area (Å²) in [6, 6.07) is 22.3. The molecule has 1 aromatic heterocycles. The Hall–Kier alpha value is -3.25. The van der Waals surface area contributed by atoms with Gasteiger partial charge in [-0.05, 0) is 54.1 Å². The van der Waals surface area contributed by atoms with Gasteiger partial charge in [0.1, 0.15) is 11.5 Å².